The number of anilines is 1. The summed E-state index contributed by atoms with van der Waals surface area (Å²) >= 11 is 0. The predicted molar refractivity (Wildman–Crippen MR) is 87.7 cm³/mol. The van der Waals surface area contributed by atoms with Crippen molar-refractivity contribution in [2.45, 2.75) is 11.1 Å². The zero-order valence-electron chi connectivity index (χ0n) is 13.1. The molecular formula is C16H13F3N2O4S. The summed E-state index contributed by atoms with van der Waals surface area (Å²) in [5.74, 6) is 0.00265. The Kier molecular flexibility index (Phi) is 4.53. The first-order valence-corrected chi connectivity index (χ1v) is 8.86. The topological polar surface area (TPSA) is 88.0 Å². The van der Waals surface area contributed by atoms with E-state index in [1.165, 1.54) is 18.2 Å². The minimum Gasteiger partial charge on any atom is -0.508 e. The fourth-order valence-electron chi connectivity index (χ4n) is 2.34. The first-order chi connectivity index (χ1) is 12.2. The summed E-state index contributed by atoms with van der Waals surface area (Å²) in [4.78, 5) is 3.52. The fraction of sp³-hybridized carbons (Fsp3) is 0.188. The van der Waals surface area contributed by atoms with Crippen molar-refractivity contribution in [1.29, 1.82) is 0 Å². The zero-order chi connectivity index (χ0) is 18.9. The van der Waals surface area contributed by atoms with Gasteiger partial charge in [0.1, 0.15) is 12.4 Å². The van der Waals surface area contributed by atoms with E-state index in [1.54, 1.807) is 0 Å². The van der Waals surface area contributed by atoms with Crippen LogP contribution in [0, 0.1) is 0 Å². The van der Waals surface area contributed by atoms with E-state index < -0.39 is 26.7 Å². The molecule has 0 spiro atoms. The molecule has 1 aliphatic rings. The van der Waals surface area contributed by atoms with Gasteiger partial charge < -0.3 is 9.84 Å². The van der Waals surface area contributed by atoms with E-state index in [-0.39, 0.29) is 22.9 Å². The Morgan fingerprint density at radius 1 is 1.15 bits per heavy atom. The number of nitrogens with one attached hydrogen (secondary N) is 1. The standard InChI is InChI=1S/C16H13F3N2O4S/c17-16(18,19)10-2-1-3-12(8-10)26(23,24)21-14-5-4-11(22)9-13(14)15-20-6-7-25-15/h1-5,8-9,21-22H,6-7H2. The first-order valence-electron chi connectivity index (χ1n) is 7.37. The molecule has 6 nitrogen and oxygen atoms in total. The quantitative estimate of drug-likeness (QED) is 0.791. The number of benzene rings is 2. The average Bonchev–Trinajstić information content (AvgIpc) is 3.10. The molecule has 0 amide bonds. The summed E-state index contributed by atoms with van der Waals surface area (Å²) in [7, 11) is -4.30. The highest BCUT2D eigenvalue weighted by molar-refractivity contribution is 7.92. The van der Waals surface area contributed by atoms with Gasteiger partial charge in [0.25, 0.3) is 10.0 Å². The molecule has 3 rings (SSSR count). The van der Waals surface area contributed by atoms with E-state index in [4.69, 9.17) is 4.74 Å². The number of nitrogens with zero attached hydrogens (tertiary/aromatic N) is 1. The minimum absolute atomic E-state index is 0.0286. The number of alkyl halides is 3. The molecule has 10 heteroatoms. The van der Waals surface area contributed by atoms with Crippen molar-refractivity contribution >= 4 is 21.6 Å². The van der Waals surface area contributed by atoms with Crippen molar-refractivity contribution in [2.75, 3.05) is 17.9 Å². The van der Waals surface area contributed by atoms with Gasteiger partial charge in [-0.25, -0.2) is 13.4 Å². The minimum atomic E-state index is -4.67. The number of phenols is 1. The lowest BCUT2D eigenvalue weighted by Gasteiger charge is -2.14. The third-order valence-electron chi connectivity index (χ3n) is 3.54. The van der Waals surface area contributed by atoms with Gasteiger partial charge in [-0.05, 0) is 36.4 Å². The third kappa shape index (κ3) is 3.74. The van der Waals surface area contributed by atoms with Crippen LogP contribution in [-0.4, -0.2) is 32.6 Å². The van der Waals surface area contributed by atoms with Gasteiger partial charge in [-0.15, -0.1) is 0 Å². The van der Waals surface area contributed by atoms with E-state index in [9.17, 15) is 26.7 Å². The van der Waals surface area contributed by atoms with Crippen molar-refractivity contribution in [1.82, 2.24) is 0 Å². The maximum absolute atomic E-state index is 12.8. The molecule has 0 saturated carbocycles. The second-order valence-corrected chi connectivity index (χ2v) is 7.08. The van der Waals surface area contributed by atoms with Gasteiger partial charge in [-0.1, -0.05) is 6.07 Å². The van der Waals surface area contributed by atoms with Crippen LogP contribution in [0.2, 0.25) is 0 Å². The molecule has 2 aromatic carbocycles. The van der Waals surface area contributed by atoms with Crippen molar-refractivity contribution in [2.24, 2.45) is 4.99 Å². The zero-order valence-corrected chi connectivity index (χ0v) is 13.9. The highest BCUT2D eigenvalue weighted by Crippen LogP contribution is 2.31. The number of halogens is 3. The molecule has 0 aromatic heterocycles. The van der Waals surface area contributed by atoms with Gasteiger partial charge in [0.2, 0.25) is 5.90 Å². The van der Waals surface area contributed by atoms with Crippen LogP contribution in [0.25, 0.3) is 0 Å². The average molecular weight is 386 g/mol. The normalized spacial score (nSPS) is 14.7. The van der Waals surface area contributed by atoms with Crippen LogP contribution in [-0.2, 0) is 20.9 Å². The van der Waals surface area contributed by atoms with Crippen LogP contribution < -0.4 is 4.72 Å². The SMILES string of the molecule is O=S(=O)(Nc1ccc(O)cc1C1=NCCO1)c1cccc(C(F)(F)F)c1. The molecule has 0 fully saturated rings. The van der Waals surface area contributed by atoms with Gasteiger partial charge in [-0.2, -0.15) is 13.2 Å². The smallest absolute Gasteiger partial charge is 0.416 e. The van der Waals surface area contributed by atoms with E-state index in [1.807, 2.05) is 0 Å². The molecule has 0 bridgehead atoms. The molecule has 138 valence electrons. The lowest BCUT2D eigenvalue weighted by molar-refractivity contribution is -0.137. The summed E-state index contributed by atoms with van der Waals surface area (Å²) in [5.41, 5.74) is -0.853. The number of rotatable bonds is 4. The summed E-state index contributed by atoms with van der Waals surface area (Å²) in [5, 5.41) is 9.63. The number of hydrogen-bond donors (Lipinski definition) is 2. The molecule has 0 aliphatic carbocycles. The van der Waals surface area contributed by atoms with Crippen LogP contribution in [0.15, 0.2) is 52.4 Å². The molecule has 26 heavy (non-hydrogen) atoms. The molecule has 2 aromatic rings. The van der Waals surface area contributed by atoms with Crippen LogP contribution in [0.4, 0.5) is 18.9 Å². The van der Waals surface area contributed by atoms with Gasteiger partial charge in [0.05, 0.1) is 28.3 Å². The molecule has 1 aliphatic heterocycles. The van der Waals surface area contributed by atoms with Gasteiger partial charge >= 0.3 is 6.18 Å². The summed E-state index contributed by atoms with van der Waals surface area (Å²) in [6.45, 7) is 0.690. The molecule has 1 heterocycles. The molecule has 0 radical (unpaired) electrons. The van der Waals surface area contributed by atoms with E-state index in [2.05, 4.69) is 9.71 Å². The number of sulfonamides is 1. The largest absolute Gasteiger partial charge is 0.508 e. The summed E-state index contributed by atoms with van der Waals surface area (Å²) in [6.07, 6.45) is -4.67. The van der Waals surface area contributed by atoms with Crippen molar-refractivity contribution in [3.63, 3.8) is 0 Å². The third-order valence-corrected chi connectivity index (χ3v) is 4.90. The van der Waals surface area contributed by atoms with Crippen molar-refractivity contribution in [3.05, 3.63) is 53.6 Å². The Balaban J connectivity index is 1.99. The highest BCUT2D eigenvalue weighted by Gasteiger charge is 2.32. The first kappa shape index (κ1) is 18.1. The maximum atomic E-state index is 12.8. The van der Waals surface area contributed by atoms with E-state index in [0.29, 0.717) is 19.2 Å². The second-order valence-electron chi connectivity index (χ2n) is 5.40. The molecule has 0 saturated heterocycles. The van der Waals surface area contributed by atoms with Crippen LogP contribution in [0.3, 0.4) is 0 Å². The summed E-state index contributed by atoms with van der Waals surface area (Å²) < 4.78 is 71.0. The van der Waals surface area contributed by atoms with Gasteiger partial charge in [0.15, 0.2) is 0 Å². The van der Waals surface area contributed by atoms with Crippen LogP contribution in [0.5, 0.6) is 5.75 Å². The Morgan fingerprint density at radius 2 is 1.92 bits per heavy atom. The van der Waals surface area contributed by atoms with E-state index >= 15 is 0 Å². The van der Waals surface area contributed by atoms with Gasteiger partial charge in [-0.3, -0.25) is 4.72 Å². The van der Waals surface area contributed by atoms with Crippen molar-refractivity contribution in [3.8, 4) is 5.75 Å². The Labute approximate surface area is 147 Å². The Bertz CT molecular complexity index is 972. The van der Waals surface area contributed by atoms with Gasteiger partial charge in [0, 0.05) is 0 Å². The Hall–Kier alpha value is -2.75. The van der Waals surface area contributed by atoms with Crippen molar-refractivity contribution < 1.29 is 31.4 Å². The van der Waals surface area contributed by atoms with Crippen LogP contribution in [0.1, 0.15) is 11.1 Å². The molecular weight excluding hydrogens is 373 g/mol. The maximum Gasteiger partial charge on any atom is 0.416 e. The summed E-state index contributed by atoms with van der Waals surface area (Å²) in [6, 6.07) is 7.18. The number of aliphatic imine (C=N–C) groups is 1. The number of hydrogen-bond acceptors (Lipinski definition) is 5. The lowest BCUT2D eigenvalue weighted by Crippen LogP contribution is -2.17. The number of aromatic hydroxyl groups is 1. The lowest BCUT2D eigenvalue weighted by atomic mass is 10.1. The number of phenolic OH excluding ortho intramolecular Hbond substituents is 1. The monoisotopic (exact) mass is 386 g/mol. The highest BCUT2D eigenvalue weighted by atomic mass is 32.2. The van der Waals surface area contributed by atoms with E-state index in [0.717, 1.165) is 18.2 Å². The molecule has 2 N–H and O–H groups in total. The second kappa shape index (κ2) is 6.52. The van der Waals surface area contributed by atoms with Crippen LogP contribution >= 0.6 is 0 Å². The molecule has 0 unspecified atom stereocenters. The Morgan fingerprint density at radius 3 is 2.58 bits per heavy atom. The fourth-order valence-corrected chi connectivity index (χ4v) is 3.46. The molecule has 0 atom stereocenters. The number of ether oxygens (including phenoxy) is 1. The predicted octanol–water partition coefficient (Wildman–Crippen LogP) is 2.99.